The van der Waals surface area contributed by atoms with Gasteiger partial charge in [0, 0.05) is 0 Å². The number of urea groups is 1. The van der Waals surface area contributed by atoms with Crippen LogP contribution in [0.2, 0.25) is 0 Å². The Balaban J connectivity index is 0. The maximum Gasteiger partial charge on any atom is 0.343 e. The molecule has 0 bridgehead atoms. The zero-order chi connectivity index (χ0) is 19.9. The highest BCUT2D eigenvalue weighted by molar-refractivity contribution is 7.96. The van der Waals surface area contributed by atoms with Crippen molar-refractivity contribution in [1.29, 1.82) is 0 Å². The van der Waals surface area contributed by atoms with E-state index in [-0.39, 0.29) is 10.0 Å². The van der Waals surface area contributed by atoms with Gasteiger partial charge in [0.05, 0.1) is 4.90 Å². The van der Waals surface area contributed by atoms with Gasteiger partial charge in [-0.1, -0.05) is 29.6 Å². The van der Waals surface area contributed by atoms with Crippen LogP contribution in [0.15, 0.2) is 29.2 Å². The van der Waals surface area contributed by atoms with Gasteiger partial charge in [-0.05, 0) is 37.5 Å². The van der Waals surface area contributed by atoms with Crippen LogP contribution in [0, 0.1) is 6.92 Å². The molecule has 0 aromatic heterocycles. The van der Waals surface area contributed by atoms with Gasteiger partial charge in [-0.25, -0.2) is 22.3 Å². The molecule has 0 aliphatic heterocycles. The van der Waals surface area contributed by atoms with Gasteiger partial charge in [0.1, 0.15) is 0 Å². The molecule has 0 saturated heterocycles. The van der Waals surface area contributed by atoms with E-state index in [0.717, 1.165) is 5.56 Å². The molecule has 0 aliphatic rings. The Labute approximate surface area is 155 Å². The Bertz CT molecular complexity index is 605. The minimum atomic E-state index is -4.02. The third kappa shape index (κ3) is 15.5. The average Bonchev–Trinajstić information content (AvgIpc) is 2.59. The molecule has 12 nitrogen and oxygen atoms in total. The molecule has 0 unspecified atom stereocenters. The average molecular weight is 415 g/mol. The topological polar surface area (TPSA) is 210 Å². The quantitative estimate of drug-likeness (QED) is 0.0682. The molecule has 25 heavy (non-hydrogen) atoms. The number of hydrogen-bond acceptors (Lipinski definition) is 9. The van der Waals surface area contributed by atoms with Crippen LogP contribution in [0.4, 0.5) is 4.79 Å². The molecule has 0 radical (unpaired) electrons. The van der Waals surface area contributed by atoms with E-state index in [1.807, 2.05) is 12.3 Å². The van der Waals surface area contributed by atoms with Crippen LogP contribution in [0.1, 0.15) is 5.56 Å². The zero-order valence-electron chi connectivity index (χ0n) is 13.4. The van der Waals surface area contributed by atoms with Crippen LogP contribution in [-0.2, 0) is 10.1 Å². The molecule has 144 valence electrons. The van der Waals surface area contributed by atoms with Crippen molar-refractivity contribution in [2.24, 2.45) is 17.5 Å². The molecular weight excluding hydrogens is 392 g/mol. The lowest BCUT2D eigenvalue weighted by molar-refractivity contribution is 0.240. The summed E-state index contributed by atoms with van der Waals surface area (Å²) in [7, 11) is -4.02. The Kier molecular flexibility index (Phi) is 14.9. The molecule has 0 spiro atoms. The van der Waals surface area contributed by atoms with E-state index in [0.29, 0.717) is 0 Å². The van der Waals surface area contributed by atoms with Gasteiger partial charge >= 0.3 is 6.03 Å². The standard InChI is InChI=1S/C7H8O3S.C2H8N4OS.CH6N4S/c1-6-2-4-7(5-3-6)11(8,9)10;1-8-6-5-2(7)4-3;2-4-1(6)5-3/h2-5H,1H3,(H,8,9,10);6H,3H2,1H3,(H2,4,5,7);2-3H2,(H2,4,5,6). The summed E-state index contributed by atoms with van der Waals surface area (Å²) in [5, 5.41) is 0.231. The van der Waals surface area contributed by atoms with Gasteiger partial charge in [-0.3, -0.25) is 26.3 Å². The lowest BCUT2D eigenvalue weighted by Crippen LogP contribution is -2.44. The first-order chi connectivity index (χ1) is 11.6. The first-order valence-electron chi connectivity index (χ1n) is 6.18. The SMILES string of the molecule is CSNNC(=O)NN.Cc1ccc(S(=O)(=O)O)cc1.NNC(=S)NN. The second-order valence-corrected chi connectivity index (χ2v) is 6.25. The number of nitrogens with two attached hydrogens (primary N) is 3. The van der Waals surface area contributed by atoms with E-state index < -0.39 is 16.1 Å². The summed E-state index contributed by atoms with van der Waals surface area (Å²) >= 11 is 5.65. The minimum Gasteiger partial charge on any atom is -0.300 e. The van der Waals surface area contributed by atoms with Crippen molar-refractivity contribution >= 4 is 45.4 Å². The van der Waals surface area contributed by atoms with Gasteiger partial charge in [-0.15, -0.1) is 0 Å². The maximum absolute atomic E-state index is 10.5. The second kappa shape index (κ2) is 14.6. The zero-order valence-corrected chi connectivity index (χ0v) is 15.9. The van der Waals surface area contributed by atoms with Crippen LogP contribution in [0.5, 0.6) is 0 Å². The van der Waals surface area contributed by atoms with Crippen molar-refractivity contribution in [1.82, 2.24) is 26.5 Å². The molecule has 15 heteroatoms. The highest BCUT2D eigenvalue weighted by Gasteiger charge is 2.06. The van der Waals surface area contributed by atoms with Gasteiger partial charge in [0.2, 0.25) is 0 Å². The summed E-state index contributed by atoms with van der Waals surface area (Å²) in [4.78, 5) is 12.6. The Hall–Kier alpha value is -1.72. The largest absolute Gasteiger partial charge is 0.343 e. The number of carbonyl (C=O) groups excluding carboxylic acids is 1. The monoisotopic (exact) mass is 414 g/mol. The van der Waals surface area contributed by atoms with E-state index in [9.17, 15) is 13.2 Å². The van der Waals surface area contributed by atoms with E-state index in [2.05, 4.69) is 33.3 Å². The normalized spacial score (nSPS) is 9.36. The fourth-order valence-corrected chi connectivity index (χ4v) is 1.56. The molecule has 0 fully saturated rings. The molecule has 0 saturated carbocycles. The third-order valence-corrected chi connectivity index (χ3v) is 3.39. The number of carbonyl (C=O) groups is 1. The maximum atomic E-state index is 10.5. The van der Waals surface area contributed by atoms with Gasteiger partial charge in [-0.2, -0.15) is 13.2 Å². The van der Waals surface area contributed by atoms with Crippen molar-refractivity contribution in [3.8, 4) is 0 Å². The highest BCUT2D eigenvalue weighted by atomic mass is 32.2. The first-order valence-corrected chi connectivity index (χ1v) is 9.25. The van der Waals surface area contributed by atoms with Crippen LogP contribution < -0.4 is 44.1 Å². The Morgan fingerprint density at radius 3 is 1.88 bits per heavy atom. The third-order valence-electron chi connectivity index (χ3n) is 1.98. The molecule has 1 rings (SSSR count). The molecule has 12 N–H and O–H groups in total. The fourth-order valence-electron chi connectivity index (χ4n) is 0.885. The van der Waals surface area contributed by atoms with Crippen LogP contribution in [-0.4, -0.2) is 30.4 Å². The van der Waals surface area contributed by atoms with Gasteiger partial charge in [0.25, 0.3) is 10.1 Å². The molecule has 1 aromatic rings. The van der Waals surface area contributed by atoms with Crippen LogP contribution in [0.25, 0.3) is 0 Å². The summed E-state index contributed by atoms with van der Waals surface area (Å²) < 4.78 is 29.6. The lowest BCUT2D eigenvalue weighted by Gasteiger charge is -2.00. The predicted octanol–water partition coefficient (Wildman–Crippen LogP) is -1.62. The second-order valence-electron chi connectivity index (χ2n) is 3.81. The number of aryl methyl sites for hydroxylation is 1. The fraction of sp³-hybridized carbons (Fsp3) is 0.200. The molecule has 0 atom stereocenters. The first kappa shape index (κ1) is 25.5. The molecule has 0 heterocycles. The molecular formula is C10H22N8O4S3. The van der Waals surface area contributed by atoms with Crippen molar-refractivity contribution in [2.45, 2.75) is 11.8 Å². The van der Waals surface area contributed by atoms with E-state index in [1.165, 1.54) is 24.1 Å². The number of nitrogens with one attached hydrogen (secondary N) is 5. The lowest BCUT2D eigenvalue weighted by atomic mass is 10.2. The number of hydrazine groups is 4. The number of benzene rings is 1. The molecule has 1 aromatic carbocycles. The Morgan fingerprint density at radius 1 is 1.12 bits per heavy atom. The summed E-state index contributed by atoms with van der Waals surface area (Å²) in [6.07, 6.45) is 1.77. The number of rotatable bonds is 3. The van der Waals surface area contributed by atoms with Crippen molar-refractivity contribution < 1.29 is 17.8 Å². The molecule has 0 aliphatic carbocycles. The van der Waals surface area contributed by atoms with E-state index in [4.69, 9.17) is 22.1 Å². The summed E-state index contributed by atoms with van der Waals surface area (Å²) in [6, 6.07) is 5.53. The number of hydrogen-bond donors (Lipinski definition) is 9. The van der Waals surface area contributed by atoms with Crippen molar-refractivity contribution in [3.63, 3.8) is 0 Å². The van der Waals surface area contributed by atoms with Crippen molar-refractivity contribution in [3.05, 3.63) is 29.8 Å². The van der Waals surface area contributed by atoms with Gasteiger partial charge in [0.15, 0.2) is 5.11 Å². The predicted molar refractivity (Wildman–Crippen MR) is 101 cm³/mol. The smallest absolute Gasteiger partial charge is 0.300 e. The highest BCUT2D eigenvalue weighted by Crippen LogP contribution is 2.08. The van der Waals surface area contributed by atoms with Crippen LogP contribution in [0.3, 0.4) is 0 Å². The van der Waals surface area contributed by atoms with E-state index in [1.54, 1.807) is 18.4 Å². The minimum absolute atomic E-state index is 0.0666. The number of amides is 2. The summed E-state index contributed by atoms with van der Waals surface area (Å²) in [5.74, 6) is 14.2. The Morgan fingerprint density at radius 2 is 1.60 bits per heavy atom. The summed E-state index contributed by atoms with van der Waals surface area (Å²) in [6.45, 7) is 1.84. The van der Waals surface area contributed by atoms with Crippen molar-refractivity contribution in [2.75, 3.05) is 6.26 Å². The summed E-state index contributed by atoms with van der Waals surface area (Å²) in [5.41, 5.74) is 9.27. The van der Waals surface area contributed by atoms with E-state index >= 15 is 0 Å². The van der Waals surface area contributed by atoms with Gasteiger partial charge < -0.3 is 0 Å². The van der Waals surface area contributed by atoms with Crippen LogP contribution >= 0.6 is 24.2 Å². The molecule has 2 amide bonds. The number of thiocarbonyl (C=S) groups is 1.